The normalized spacial score (nSPS) is 21.4. The number of carbonyl (C=O) groups is 2. The number of thiazole rings is 1. The molecule has 0 saturated carbocycles. The van der Waals surface area contributed by atoms with E-state index in [0.717, 1.165) is 5.56 Å². The molecule has 1 aliphatic heterocycles. The summed E-state index contributed by atoms with van der Waals surface area (Å²) in [6.07, 6.45) is 0.419. The molecule has 3 rings (SSSR count). The van der Waals surface area contributed by atoms with Crippen LogP contribution in [0.3, 0.4) is 0 Å². The van der Waals surface area contributed by atoms with Crippen LogP contribution in [0.25, 0.3) is 0 Å². The first kappa shape index (κ1) is 13.8. The van der Waals surface area contributed by atoms with E-state index in [4.69, 9.17) is 0 Å². The molecule has 1 atom stereocenters. The lowest BCUT2D eigenvalue weighted by molar-refractivity contribution is -0.143. The van der Waals surface area contributed by atoms with Crippen molar-refractivity contribution in [2.45, 2.75) is 11.8 Å². The van der Waals surface area contributed by atoms with Crippen LogP contribution in [0.4, 0.5) is 0 Å². The number of aliphatic carboxylic acids is 1. The van der Waals surface area contributed by atoms with E-state index in [9.17, 15) is 14.7 Å². The topological polar surface area (TPSA) is 70.5 Å². The highest BCUT2D eigenvalue weighted by Crippen LogP contribution is 2.35. The molecule has 108 valence electrons. The molecule has 1 amide bonds. The van der Waals surface area contributed by atoms with Gasteiger partial charge in [-0.3, -0.25) is 9.59 Å². The molecule has 0 spiro atoms. The van der Waals surface area contributed by atoms with E-state index in [2.05, 4.69) is 4.98 Å². The summed E-state index contributed by atoms with van der Waals surface area (Å²) in [5.74, 6) is -1.09. The van der Waals surface area contributed by atoms with Gasteiger partial charge in [-0.25, -0.2) is 4.98 Å². The smallest absolute Gasteiger partial charge is 0.316 e. The van der Waals surface area contributed by atoms with Gasteiger partial charge in [0, 0.05) is 18.5 Å². The van der Waals surface area contributed by atoms with Gasteiger partial charge in [-0.2, -0.15) is 0 Å². The molecule has 1 aliphatic rings. The Morgan fingerprint density at radius 1 is 1.29 bits per heavy atom. The van der Waals surface area contributed by atoms with Crippen molar-refractivity contribution in [3.05, 3.63) is 52.5 Å². The summed E-state index contributed by atoms with van der Waals surface area (Å²) in [6.45, 7) is 0.611. The summed E-state index contributed by atoms with van der Waals surface area (Å²) >= 11 is 1.35. The number of aromatic nitrogens is 1. The molecule has 21 heavy (non-hydrogen) atoms. The van der Waals surface area contributed by atoms with Gasteiger partial charge in [0.05, 0.1) is 5.51 Å². The second-order valence-corrected chi connectivity index (χ2v) is 5.82. The highest BCUT2D eigenvalue weighted by molar-refractivity contribution is 7.07. The van der Waals surface area contributed by atoms with Crippen molar-refractivity contribution >= 4 is 23.2 Å². The molecule has 1 fully saturated rings. The Morgan fingerprint density at radius 2 is 2.05 bits per heavy atom. The molecular weight excluding hydrogens is 288 g/mol. The number of carboxylic acids is 1. The molecule has 5 nitrogen and oxygen atoms in total. The number of rotatable bonds is 3. The first-order valence-electron chi connectivity index (χ1n) is 6.60. The Bertz CT molecular complexity index is 657. The van der Waals surface area contributed by atoms with Gasteiger partial charge in [0.25, 0.3) is 5.91 Å². The summed E-state index contributed by atoms with van der Waals surface area (Å²) < 4.78 is 0. The molecule has 1 aromatic heterocycles. The van der Waals surface area contributed by atoms with Crippen molar-refractivity contribution in [3.8, 4) is 0 Å². The van der Waals surface area contributed by atoms with E-state index >= 15 is 0 Å². The van der Waals surface area contributed by atoms with E-state index in [-0.39, 0.29) is 12.5 Å². The minimum Gasteiger partial charge on any atom is -0.481 e. The van der Waals surface area contributed by atoms with E-state index in [1.807, 2.05) is 30.3 Å². The molecule has 6 heteroatoms. The van der Waals surface area contributed by atoms with Gasteiger partial charge in [0.15, 0.2) is 0 Å². The Hall–Kier alpha value is -2.21. The Labute approximate surface area is 125 Å². The Balaban J connectivity index is 1.89. The summed E-state index contributed by atoms with van der Waals surface area (Å²) in [4.78, 5) is 29.7. The van der Waals surface area contributed by atoms with Gasteiger partial charge >= 0.3 is 5.97 Å². The maximum absolute atomic E-state index is 12.3. The number of hydrogen-bond donors (Lipinski definition) is 1. The SMILES string of the molecule is O=C(c1cscn1)N1CCC(C(=O)O)(c2ccccc2)C1. The summed E-state index contributed by atoms with van der Waals surface area (Å²) in [6, 6.07) is 9.12. The maximum atomic E-state index is 12.3. The van der Waals surface area contributed by atoms with E-state index in [0.29, 0.717) is 18.7 Å². The molecule has 0 radical (unpaired) electrons. The monoisotopic (exact) mass is 302 g/mol. The number of carboxylic acid groups (broad SMARTS) is 1. The summed E-state index contributed by atoms with van der Waals surface area (Å²) in [5.41, 5.74) is 1.71. The van der Waals surface area contributed by atoms with Gasteiger partial charge in [-0.1, -0.05) is 30.3 Å². The molecule has 0 aliphatic carbocycles. The zero-order valence-electron chi connectivity index (χ0n) is 11.2. The second kappa shape index (κ2) is 5.29. The number of benzene rings is 1. The standard InChI is InChI=1S/C15H14N2O3S/c18-13(12-8-21-10-16-12)17-7-6-15(9-17,14(19)20)11-4-2-1-3-5-11/h1-5,8,10H,6-7,9H2,(H,19,20). The maximum Gasteiger partial charge on any atom is 0.316 e. The van der Waals surface area contributed by atoms with Gasteiger partial charge in [0.2, 0.25) is 0 Å². The fourth-order valence-electron chi connectivity index (χ4n) is 2.75. The van der Waals surface area contributed by atoms with Crippen LogP contribution >= 0.6 is 11.3 Å². The lowest BCUT2D eigenvalue weighted by Crippen LogP contribution is -2.40. The third-order valence-electron chi connectivity index (χ3n) is 3.94. The molecule has 1 N–H and O–H groups in total. The van der Waals surface area contributed by atoms with Crippen LogP contribution in [-0.4, -0.2) is 40.0 Å². The third-order valence-corrected chi connectivity index (χ3v) is 4.53. The number of nitrogens with zero attached hydrogens (tertiary/aromatic N) is 2. The van der Waals surface area contributed by atoms with Crippen LogP contribution in [0.2, 0.25) is 0 Å². The predicted octanol–water partition coefficient (Wildman–Crippen LogP) is 2.01. The molecular formula is C15H14N2O3S. The second-order valence-electron chi connectivity index (χ2n) is 5.10. The number of hydrogen-bond acceptors (Lipinski definition) is 4. The summed E-state index contributed by atoms with van der Waals surface area (Å²) in [5, 5.41) is 11.4. The quantitative estimate of drug-likeness (QED) is 0.941. The average molecular weight is 302 g/mol. The highest BCUT2D eigenvalue weighted by Gasteiger charge is 2.47. The highest BCUT2D eigenvalue weighted by atomic mass is 32.1. The van der Waals surface area contributed by atoms with E-state index < -0.39 is 11.4 Å². The number of amides is 1. The van der Waals surface area contributed by atoms with Crippen molar-refractivity contribution in [3.63, 3.8) is 0 Å². The Morgan fingerprint density at radius 3 is 2.67 bits per heavy atom. The number of carbonyl (C=O) groups excluding carboxylic acids is 1. The molecule has 2 aromatic rings. The van der Waals surface area contributed by atoms with Crippen molar-refractivity contribution in [1.82, 2.24) is 9.88 Å². The first-order valence-corrected chi connectivity index (χ1v) is 7.54. The molecule has 1 saturated heterocycles. The van der Waals surface area contributed by atoms with Crippen LogP contribution in [0.15, 0.2) is 41.2 Å². The minimum absolute atomic E-state index is 0.183. The van der Waals surface area contributed by atoms with Crippen LogP contribution in [0.1, 0.15) is 22.5 Å². The van der Waals surface area contributed by atoms with Gasteiger partial charge in [-0.05, 0) is 12.0 Å². The van der Waals surface area contributed by atoms with Crippen LogP contribution < -0.4 is 0 Å². The zero-order valence-corrected chi connectivity index (χ0v) is 12.0. The van der Waals surface area contributed by atoms with E-state index in [1.54, 1.807) is 15.8 Å². The fourth-order valence-corrected chi connectivity index (χ4v) is 3.28. The molecule has 1 aromatic carbocycles. The van der Waals surface area contributed by atoms with Crippen molar-refractivity contribution < 1.29 is 14.7 Å². The van der Waals surface area contributed by atoms with Crippen molar-refractivity contribution in [2.75, 3.05) is 13.1 Å². The van der Waals surface area contributed by atoms with Crippen molar-refractivity contribution in [1.29, 1.82) is 0 Å². The first-order chi connectivity index (χ1) is 10.1. The van der Waals surface area contributed by atoms with Crippen LogP contribution in [-0.2, 0) is 10.2 Å². The Kier molecular flexibility index (Phi) is 3.47. The lowest BCUT2D eigenvalue weighted by atomic mass is 9.80. The third kappa shape index (κ3) is 2.31. The van der Waals surface area contributed by atoms with Gasteiger partial charge < -0.3 is 10.0 Å². The molecule has 2 heterocycles. The predicted molar refractivity (Wildman–Crippen MR) is 78.4 cm³/mol. The van der Waals surface area contributed by atoms with E-state index in [1.165, 1.54) is 11.3 Å². The van der Waals surface area contributed by atoms with Crippen molar-refractivity contribution in [2.24, 2.45) is 0 Å². The van der Waals surface area contributed by atoms with Gasteiger partial charge in [-0.15, -0.1) is 11.3 Å². The molecule has 0 bridgehead atoms. The number of likely N-dealkylation sites (tertiary alicyclic amines) is 1. The van der Waals surface area contributed by atoms with Gasteiger partial charge in [0.1, 0.15) is 11.1 Å². The minimum atomic E-state index is -1.02. The summed E-state index contributed by atoms with van der Waals surface area (Å²) in [7, 11) is 0. The largest absolute Gasteiger partial charge is 0.481 e. The average Bonchev–Trinajstić information content (AvgIpc) is 3.18. The lowest BCUT2D eigenvalue weighted by Gasteiger charge is -2.25. The molecule has 1 unspecified atom stereocenters. The zero-order chi connectivity index (χ0) is 14.9. The fraction of sp³-hybridized carbons (Fsp3) is 0.267. The van der Waals surface area contributed by atoms with Crippen LogP contribution in [0.5, 0.6) is 0 Å². The van der Waals surface area contributed by atoms with Crippen LogP contribution in [0, 0.1) is 0 Å².